The minimum Gasteiger partial charge on any atom is -0.473 e. The molecule has 242 valence electrons. The molecule has 0 bridgehead atoms. The number of nitrogens with two attached hydrogens (primary N) is 2. The standard InChI is InChI=1S/C29H30FN11.C2H2O4/c1-18-7-3-5-9-22(18)33-28-37-24(35-26(31)39-28)16-41(15-20-11-13-21(30)14-12-20)17-25-36-27(32)40-29(38-25)34-23-10-6-4-8-19(23)2;3-1(4)2(5)6/h3-14H,15-17H2,1-2H3,(H3,31,33,35,37,39)(H3,32,34,36,38,40);(H,3,4)(H,5,6). The molecule has 15 nitrogen and oxygen atoms in total. The molecule has 0 amide bonds. The Balaban J connectivity index is 0.000000762. The van der Waals surface area contributed by atoms with Crippen molar-refractivity contribution in [1.82, 2.24) is 34.8 Å². The highest BCUT2D eigenvalue weighted by atomic mass is 19.1. The lowest BCUT2D eigenvalue weighted by atomic mass is 10.2. The van der Waals surface area contributed by atoms with Gasteiger partial charge in [-0.15, -0.1) is 0 Å². The van der Waals surface area contributed by atoms with E-state index in [4.69, 9.17) is 31.3 Å². The monoisotopic (exact) mass is 641 g/mol. The third-order valence-electron chi connectivity index (χ3n) is 6.41. The predicted octanol–water partition coefficient (Wildman–Crippen LogP) is 3.82. The summed E-state index contributed by atoms with van der Waals surface area (Å²) in [7, 11) is 0. The van der Waals surface area contributed by atoms with Gasteiger partial charge in [0.25, 0.3) is 0 Å². The largest absolute Gasteiger partial charge is 0.473 e. The molecule has 0 unspecified atom stereocenters. The van der Waals surface area contributed by atoms with Gasteiger partial charge < -0.3 is 32.3 Å². The number of nitrogen functional groups attached to an aromatic ring is 2. The highest BCUT2D eigenvalue weighted by Crippen LogP contribution is 2.21. The van der Waals surface area contributed by atoms with Crippen molar-refractivity contribution in [3.05, 3.63) is 107 Å². The van der Waals surface area contributed by atoms with Crippen LogP contribution in [0.15, 0.2) is 72.8 Å². The SMILES string of the molecule is Cc1ccccc1Nc1nc(N)nc(CN(Cc2ccc(F)cc2)Cc2nc(N)nc(Nc3ccccc3C)n2)n1.O=C(O)C(=O)O. The first-order valence-corrected chi connectivity index (χ1v) is 14.0. The summed E-state index contributed by atoms with van der Waals surface area (Å²) in [5.74, 6) is -2.24. The summed E-state index contributed by atoms with van der Waals surface area (Å²) in [6.45, 7) is 4.96. The molecule has 5 rings (SSSR count). The van der Waals surface area contributed by atoms with E-state index < -0.39 is 11.9 Å². The molecule has 0 atom stereocenters. The molecule has 0 aliphatic heterocycles. The summed E-state index contributed by atoms with van der Waals surface area (Å²) in [5.41, 5.74) is 16.8. The van der Waals surface area contributed by atoms with E-state index in [0.717, 1.165) is 28.1 Å². The van der Waals surface area contributed by atoms with E-state index >= 15 is 0 Å². The van der Waals surface area contributed by atoms with Crippen LogP contribution in [0, 0.1) is 19.7 Å². The smallest absolute Gasteiger partial charge is 0.414 e. The van der Waals surface area contributed by atoms with Crippen LogP contribution in [0.25, 0.3) is 0 Å². The van der Waals surface area contributed by atoms with E-state index in [1.165, 1.54) is 12.1 Å². The number of aryl methyl sites for hydroxylation is 2. The molecular weight excluding hydrogens is 609 g/mol. The number of para-hydroxylation sites is 2. The van der Waals surface area contributed by atoms with Crippen LogP contribution in [0.5, 0.6) is 0 Å². The molecule has 0 aliphatic carbocycles. The van der Waals surface area contributed by atoms with Crippen molar-refractivity contribution in [1.29, 1.82) is 0 Å². The molecule has 0 spiro atoms. The summed E-state index contributed by atoms with van der Waals surface area (Å²) < 4.78 is 13.6. The maximum absolute atomic E-state index is 13.6. The molecule has 5 aromatic rings. The number of aliphatic carboxylic acids is 2. The van der Waals surface area contributed by atoms with Gasteiger partial charge in [0, 0.05) is 17.9 Å². The molecular formula is C31H32FN11O4. The average Bonchev–Trinajstić information content (AvgIpc) is 3.00. The van der Waals surface area contributed by atoms with Crippen LogP contribution in [0.3, 0.4) is 0 Å². The van der Waals surface area contributed by atoms with Gasteiger partial charge in [-0.25, -0.2) is 14.0 Å². The average molecular weight is 642 g/mol. The minimum absolute atomic E-state index is 0.0851. The first-order chi connectivity index (χ1) is 22.4. The van der Waals surface area contributed by atoms with Gasteiger partial charge in [-0.2, -0.15) is 29.9 Å². The summed E-state index contributed by atoms with van der Waals surface area (Å²) in [6, 6.07) is 21.9. The molecule has 16 heteroatoms. The first kappa shape index (κ1) is 33.6. The maximum Gasteiger partial charge on any atom is 0.414 e. The third kappa shape index (κ3) is 10.4. The van der Waals surface area contributed by atoms with Crippen molar-refractivity contribution in [2.45, 2.75) is 33.5 Å². The van der Waals surface area contributed by atoms with Gasteiger partial charge in [-0.1, -0.05) is 48.5 Å². The second-order valence-corrected chi connectivity index (χ2v) is 10.1. The molecule has 0 radical (unpaired) electrons. The number of nitrogens with one attached hydrogen (secondary N) is 2. The van der Waals surface area contributed by atoms with Crippen LogP contribution in [0.2, 0.25) is 0 Å². The van der Waals surface area contributed by atoms with Crippen molar-refractivity contribution in [3.63, 3.8) is 0 Å². The van der Waals surface area contributed by atoms with E-state index in [0.29, 0.717) is 30.1 Å². The van der Waals surface area contributed by atoms with Crippen LogP contribution < -0.4 is 22.1 Å². The molecule has 0 saturated carbocycles. The van der Waals surface area contributed by atoms with Crippen LogP contribution in [0.1, 0.15) is 28.3 Å². The summed E-state index contributed by atoms with van der Waals surface area (Å²) in [6.07, 6.45) is 0. The fraction of sp³-hybridized carbons (Fsp3) is 0.161. The fourth-order valence-corrected chi connectivity index (χ4v) is 4.21. The lowest BCUT2D eigenvalue weighted by Crippen LogP contribution is -2.26. The van der Waals surface area contributed by atoms with Gasteiger partial charge in [0.1, 0.15) is 17.5 Å². The number of nitrogens with zero attached hydrogens (tertiary/aromatic N) is 7. The fourth-order valence-electron chi connectivity index (χ4n) is 4.21. The molecule has 0 fully saturated rings. The van der Waals surface area contributed by atoms with Crippen molar-refractivity contribution in [3.8, 4) is 0 Å². The number of carboxylic acids is 2. The van der Waals surface area contributed by atoms with Gasteiger partial charge in [0.2, 0.25) is 23.8 Å². The number of halogens is 1. The molecule has 2 aromatic heterocycles. The number of rotatable bonds is 10. The Labute approximate surface area is 268 Å². The Morgan fingerprint density at radius 3 is 1.49 bits per heavy atom. The minimum atomic E-state index is -1.82. The Morgan fingerprint density at radius 1 is 0.660 bits per heavy atom. The maximum atomic E-state index is 13.6. The summed E-state index contributed by atoms with van der Waals surface area (Å²) >= 11 is 0. The second kappa shape index (κ2) is 15.6. The Morgan fingerprint density at radius 2 is 1.09 bits per heavy atom. The molecule has 2 heterocycles. The van der Waals surface area contributed by atoms with Crippen LogP contribution in [-0.2, 0) is 29.2 Å². The quantitative estimate of drug-likeness (QED) is 0.119. The van der Waals surface area contributed by atoms with E-state index in [1.54, 1.807) is 12.1 Å². The molecule has 3 aromatic carbocycles. The van der Waals surface area contributed by atoms with Crippen molar-refractivity contribution < 1.29 is 24.2 Å². The topological polar surface area (TPSA) is 231 Å². The lowest BCUT2D eigenvalue weighted by Gasteiger charge is -2.21. The second-order valence-electron chi connectivity index (χ2n) is 10.1. The van der Waals surface area contributed by atoms with Crippen molar-refractivity contribution in [2.24, 2.45) is 0 Å². The Kier molecular flexibility index (Phi) is 11.2. The van der Waals surface area contributed by atoms with E-state index in [1.807, 2.05) is 67.3 Å². The van der Waals surface area contributed by atoms with Gasteiger partial charge in [0.05, 0.1) is 13.1 Å². The van der Waals surface area contributed by atoms with Crippen LogP contribution >= 0.6 is 0 Å². The highest BCUT2D eigenvalue weighted by Gasteiger charge is 2.16. The zero-order valence-electron chi connectivity index (χ0n) is 25.4. The Bertz CT molecular complexity index is 1750. The number of carboxylic acid groups (broad SMARTS) is 2. The first-order valence-electron chi connectivity index (χ1n) is 14.0. The molecule has 8 N–H and O–H groups in total. The van der Waals surface area contributed by atoms with Gasteiger partial charge in [-0.05, 0) is 54.8 Å². The third-order valence-corrected chi connectivity index (χ3v) is 6.41. The zero-order chi connectivity index (χ0) is 33.9. The van der Waals surface area contributed by atoms with E-state index in [-0.39, 0.29) is 30.8 Å². The summed E-state index contributed by atoms with van der Waals surface area (Å²) in [5, 5.41) is 21.2. The number of benzene rings is 3. The lowest BCUT2D eigenvalue weighted by molar-refractivity contribution is -0.159. The van der Waals surface area contributed by atoms with Crippen molar-refractivity contribution in [2.75, 3.05) is 22.1 Å². The van der Waals surface area contributed by atoms with Crippen LogP contribution in [0.4, 0.5) is 39.6 Å². The predicted molar refractivity (Wildman–Crippen MR) is 172 cm³/mol. The van der Waals surface area contributed by atoms with E-state index in [9.17, 15) is 4.39 Å². The van der Waals surface area contributed by atoms with E-state index in [2.05, 4.69) is 40.5 Å². The van der Waals surface area contributed by atoms with Crippen LogP contribution in [-0.4, -0.2) is 57.0 Å². The Hall–Kier alpha value is -6.29. The number of hydrogen-bond acceptors (Lipinski definition) is 13. The number of carbonyl (C=O) groups is 2. The molecule has 0 aliphatic rings. The normalized spacial score (nSPS) is 10.6. The van der Waals surface area contributed by atoms with Gasteiger partial charge >= 0.3 is 11.9 Å². The summed E-state index contributed by atoms with van der Waals surface area (Å²) in [4.78, 5) is 46.6. The highest BCUT2D eigenvalue weighted by molar-refractivity contribution is 6.27. The zero-order valence-corrected chi connectivity index (χ0v) is 25.4. The van der Waals surface area contributed by atoms with Gasteiger partial charge in [0.15, 0.2) is 0 Å². The van der Waals surface area contributed by atoms with Crippen molar-refractivity contribution >= 4 is 47.1 Å². The molecule has 47 heavy (non-hydrogen) atoms. The molecule has 0 saturated heterocycles. The number of aromatic nitrogens is 6. The van der Waals surface area contributed by atoms with Gasteiger partial charge in [-0.3, -0.25) is 4.90 Å². The number of anilines is 6. The number of hydrogen-bond donors (Lipinski definition) is 6.